The van der Waals surface area contributed by atoms with E-state index in [0.29, 0.717) is 0 Å². The number of hydrogen-bond donors (Lipinski definition) is 1. The van der Waals surface area contributed by atoms with Gasteiger partial charge >= 0.3 is 0 Å². The van der Waals surface area contributed by atoms with Crippen LogP contribution in [0.2, 0.25) is 5.15 Å². The van der Waals surface area contributed by atoms with Crippen molar-refractivity contribution in [2.75, 3.05) is 11.9 Å². The highest BCUT2D eigenvalue weighted by molar-refractivity contribution is 6.99. The van der Waals surface area contributed by atoms with E-state index >= 15 is 0 Å². The first-order valence-electron chi connectivity index (χ1n) is 2.70. The normalized spacial score (nSPS) is 10.5. The Balaban J connectivity index is 2.44. The highest BCUT2D eigenvalue weighted by Crippen LogP contribution is 2.17. The van der Waals surface area contributed by atoms with Crippen LogP contribution < -0.4 is 5.32 Å². The Kier molecular flexibility index (Phi) is 2.95. The van der Waals surface area contributed by atoms with Crippen molar-refractivity contribution in [3.05, 3.63) is 5.15 Å². The van der Waals surface area contributed by atoms with Crippen molar-refractivity contribution in [2.45, 2.75) is 6.43 Å². The lowest BCUT2D eigenvalue weighted by Crippen LogP contribution is -2.10. The Labute approximate surface area is 70.7 Å². The van der Waals surface area contributed by atoms with Gasteiger partial charge in [0.1, 0.15) is 0 Å². The SMILES string of the molecule is FC(F)CNc1nsnc1Cl. The summed E-state index contributed by atoms with van der Waals surface area (Å²) in [5, 5.41) is 2.48. The minimum atomic E-state index is -2.41. The standard InChI is InChI=1S/C4H4ClF2N3S/c5-3-4(10-11-9-3)8-1-2(6)7/h2H,1H2,(H,8,10). The van der Waals surface area contributed by atoms with E-state index < -0.39 is 13.0 Å². The average molecular weight is 200 g/mol. The highest BCUT2D eigenvalue weighted by atomic mass is 35.5. The summed E-state index contributed by atoms with van der Waals surface area (Å²) in [5.41, 5.74) is 0. The number of alkyl halides is 2. The van der Waals surface area contributed by atoms with E-state index in [1.807, 2.05) is 0 Å². The van der Waals surface area contributed by atoms with Crippen molar-refractivity contribution in [1.82, 2.24) is 8.75 Å². The third kappa shape index (κ3) is 2.55. The van der Waals surface area contributed by atoms with Crippen molar-refractivity contribution in [2.24, 2.45) is 0 Å². The van der Waals surface area contributed by atoms with Gasteiger partial charge in [0, 0.05) is 0 Å². The van der Waals surface area contributed by atoms with Crippen molar-refractivity contribution in [3.8, 4) is 0 Å². The number of anilines is 1. The van der Waals surface area contributed by atoms with Crippen LogP contribution in [0, 0.1) is 0 Å². The second kappa shape index (κ2) is 3.77. The summed E-state index contributed by atoms with van der Waals surface area (Å²) in [5.74, 6) is 0.219. The van der Waals surface area contributed by atoms with Gasteiger partial charge in [0.05, 0.1) is 18.3 Å². The average Bonchev–Trinajstić information content (AvgIpc) is 2.31. The first-order chi connectivity index (χ1) is 5.20. The zero-order valence-corrected chi connectivity index (χ0v) is 6.79. The van der Waals surface area contributed by atoms with E-state index in [-0.39, 0.29) is 11.0 Å². The summed E-state index contributed by atoms with van der Waals surface area (Å²) in [6, 6.07) is 0. The number of rotatable bonds is 3. The van der Waals surface area contributed by atoms with E-state index in [2.05, 4.69) is 14.1 Å². The monoisotopic (exact) mass is 199 g/mol. The summed E-state index contributed by atoms with van der Waals surface area (Å²) in [4.78, 5) is 0. The van der Waals surface area contributed by atoms with E-state index in [4.69, 9.17) is 11.6 Å². The van der Waals surface area contributed by atoms with Crippen molar-refractivity contribution < 1.29 is 8.78 Å². The molecule has 0 bridgehead atoms. The smallest absolute Gasteiger partial charge is 0.255 e. The van der Waals surface area contributed by atoms with Crippen molar-refractivity contribution in [3.63, 3.8) is 0 Å². The minimum absolute atomic E-state index is 0.135. The molecule has 1 N–H and O–H groups in total. The molecular formula is C4H4ClF2N3S. The topological polar surface area (TPSA) is 37.8 Å². The van der Waals surface area contributed by atoms with Gasteiger partial charge in [0.2, 0.25) is 0 Å². The molecule has 1 aromatic heterocycles. The lowest BCUT2D eigenvalue weighted by atomic mass is 10.6. The van der Waals surface area contributed by atoms with E-state index in [9.17, 15) is 8.78 Å². The van der Waals surface area contributed by atoms with Gasteiger partial charge in [0.15, 0.2) is 11.0 Å². The van der Waals surface area contributed by atoms with Crippen LogP contribution in [-0.4, -0.2) is 21.7 Å². The van der Waals surface area contributed by atoms with Crippen LogP contribution in [-0.2, 0) is 0 Å². The van der Waals surface area contributed by atoms with Crippen LogP contribution in [0.5, 0.6) is 0 Å². The first-order valence-corrected chi connectivity index (χ1v) is 3.81. The van der Waals surface area contributed by atoms with E-state index in [1.165, 1.54) is 0 Å². The summed E-state index contributed by atoms with van der Waals surface area (Å²) in [7, 11) is 0. The molecule has 0 unspecified atom stereocenters. The molecule has 0 saturated heterocycles. The molecule has 7 heteroatoms. The molecule has 62 valence electrons. The number of nitrogens with one attached hydrogen (secondary N) is 1. The van der Waals surface area contributed by atoms with Gasteiger partial charge in [-0.05, 0) is 0 Å². The van der Waals surface area contributed by atoms with Gasteiger partial charge in [-0.3, -0.25) is 0 Å². The molecule has 0 radical (unpaired) electrons. The molecular weight excluding hydrogens is 196 g/mol. The van der Waals surface area contributed by atoms with Crippen molar-refractivity contribution in [1.29, 1.82) is 0 Å². The van der Waals surface area contributed by atoms with E-state index in [1.54, 1.807) is 0 Å². The molecule has 3 nitrogen and oxygen atoms in total. The highest BCUT2D eigenvalue weighted by Gasteiger charge is 2.07. The first kappa shape index (κ1) is 8.61. The van der Waals surface area contributed by atoms with Gasteiger partial charge < -0.3 is 5.32 Å². The second-order valence-corrected chi connectivity index (χ2v) is 2.56. The Morgan fingerprint density at radius 3 is 2.73 bits per heavy atom. The van der Waals surface area contributed by atoms with Gasteiger partial charge in [-0.25, -0.2) is 8.78 Å². The third-order valence-corrected chi connectivity index (χ3v) is 1.76. The van der Waals surface area contributed by atoms with Gasteiger partial charge in [0.25, 0.3) is 6.43 Å². The molecule has 0 aliphatic rings. The maximum Gasteiger partial charge on any atom is 0.255 e. The van der Waals surface area contributed by atoms with Crippen molar-refractivity contribution >= 4 is 29.1 Å². The molecule has 0 aliphatic heterocycles. The van der Waals surface area contributed by atoms with Crippen LogP contribution in [0.1, 0.15) is 0 Å². The minimum Gasteiger partial charge on any atom is -0.361 e. The fourth-order valence-corrected chi connectivity index (χ4v) is 1.14. The molecule has 0 amide bonds. The van der Waals surface area contributed by atoms with Crippen LogP contribution in [0.15, 0.2) is 0 Å². The Hall–Kier alpha value is -0.490. The molecule has 0 saturated carbocycles. The molecule has 0 spiro atoms. The van der Waals surface area contributed by atoms with E-state index in [0.717, 1.165) is 11.7 Å². The fraction of sp³-hybridized carbons (Fsp3) is 0.500. The van der Waals surface area contributed by atoms with Gasteiger partial charge in [-0.1, -0.05) is 11.6 Å². The van der Waals surface area contributed by atoms with Crippen LogP contribution in [0.3, 0.4) is 0 Å². The quantitative estimate of drug-likeness (QED) is 0.808. The molecule has 0 aromatic carbocycles. The molecule has 11 heavy (non-hydrogen) atoms. The lowest BCUT2D eigenvalue weighted by molar-refractivity contribution is 0.163. The Morgan fingerprint density at radius 1 is 1.55 bits per heavy atom. The third-order valence-electron chi connectivity index (χ3n) is 0.872. The van der Waals surface area contributed by atoms with Crippen LogP contribution >= 0.6 is 23.3 Å². The summed E-state index contributed by atoms with van der Waals surface area (Å²) in [6.45, 7) is -0.453. The molecule has 0 fully saturated rings. The summed E-state index contributed by atoms with van der Waals surface area (Å²) >= 11 is 6.33. The predicted molar refractivity (Wildman–Crippen MR) is 39.4 cm³/mol. The second-order valence-electron chi connectivity index (χ2n) is 1.68. The van der Waals surface area contributed by atoms with Gasteiger partial charge in [-0.15, -0.1) is 0 Å². The number of hydrogen-bond acceptors (Lipinski definition) is 4. The molecule has 1 rings (SSSR count). The summed E-state index contributed by atoms with van der Waals surface area (Å²) in [6.07, 6.45) is -2.41. The Morgan fingerprint density at radius 2 is 2.27 bits per heavy atom. The predicted octanol–water partition coefficient (Wildman–Crippen LogP) is 1.87. The molecule has 1 heterocycles. The van der Waals surface area contributed by atoms with Crippen LogP contribution in [0.25, 0.3) is 0 Å². The molecule has 0 aliphatic carbocycles. The lowest BCUT2D eigenvalue weighted by Gasteiger charge is -1.99. The molecule has 0 atom stereocenters. The number of nitrogens with zero attached hydrogens (tertiary/aromatic N) is 2. The number of aromatic nitrogens is 2. The maximum absolute atomic E-state index is 11.6. The maximum atomic E-state index is 11.6. The fourth-order valence-electron chi connectivity index (χ4n) is 0.457. The summed E-state index contributed by atoms with van der Waals surface area (Å²) < 4.78 is 30.4. The molecule has 1 aromatic rings. The van der Waals surface area contributed by atoms with Crippen LogP contribution in [0.4, 0.5) is 14.6 Å². The number of halogens is 3. The zero-order chi connectivity index (χ0) is 8.27. The Bertz CT molecular complexity index is 229. The zero-order valence-electron chi connectivity index (χ0n) is 5.22. The largest absolute Gasteiger partial charge is 0.361 e. The van der Waals surface area contributed by atoms with Gasteiger partial charge in [-0.2, -0.15) is 8.75 Å².